The van der Waals surface area contributed by atoms with Crippen LogP contribution in [0.4, 0.5) is 0 Å². The molecule has 0 bridgehead atoms. The molecule has 2 rings (SSSR count). The summed E-state index contributed by atoms with van der Waals surface area (Å²) < 4.78 is 0. The van der Waals surface area contributed by atoms with Crippen molar-refractivity contribution >= 4 is 11.8 Å². The summed E-state index contributed by atoms with van der Waals surface area (Å²) in [5.74, 6) is -0.952. The highest BCUT2D eigenvalue weighted by Crippen LogP contribution is 2.38. The average molecular weight is 254 g/mol. The first-order valence-corrected chi connectivity index (χ1v) is 6.80. The van der Waals surface area contributed by atoms with E-state index >= 15 is 0 Å². The van der Waals surface area contributed by atoms with Crippen molar-refractivity contribution in [1.82, 2.24) is 10.6 Å². The van der Waals surface area contributed by atoms with E-state index in [1.165, 1.54) is 0 Å². The van der Waals surface area contributed by atoms with Gasteiger partial charge in [0.15, 0.2) is 0 Å². The maximum Gasteiger partial charge on any atom is 0.309 e. The lowest BCUT2D eigenvalue weighted by Crippen LogP contribution is -2.48. The number of hydrogen-bond acceptors (Lipinski definition) is 3. The van der Waals surface area contributed by atoms with Crippen molar-refractivity contribution in [2.24, 2.45) is 5.92 Å². The fraction of sp³-hybridized carbons (Fsp3) is 0.846. The second-order valence-electron chi connectivity index (χ2n) is 5.77. The minimum Gasteiger partial charge on any atom is -0.388 e. The van der Waals surface area contributed by atoms with Gasteiger partial charge < -0.3 is 15.7 Å². The molecule has 0 aromatic heterocycles. The van der Waals surface area contributed by atoms with Crippen molar-refractivity contribution in [1.29, 1.82) is 0 Å². The third-order valence-electron chi connectivity index (χ3n) is 3.96. The number of carbonyl (C=O) groups excluding carboxylic acids is 2. The number of aliphatic hydroxyl groups is 1. The summed E-state index contributed by atoms with van der Waals surface area (Å²) in [5, 5.41) is 15.3. The van der Waals surface area contributed by atoms with Gasteiger partial charge in [-0.3, -0.25) is 9.59 Å². The molecule has 0 aromatic carbocycles. The maximum atomic E-state index is 11.6. The van der Waals surface area contributed by atoms with Crippen LogP contribution in [0.3, 0.4) is 0 Å². The molecule has 18 heavy (non-hydrogen) atoms. The molecule has 5 nitrogen and oxygen atoms in total. The van der Waals surface area contributed by atoms with Crippen molar-refractivity contribution in [3.8, 4) is 0 Å². The first-order valence-electron chi connectivity index (χ1n) is 6.80. The van der Waals surface area contributed by atoms with E-state index in [4.69, 9.17) is 0 Å². The van der Waals surface area contributed by atoms with Crippen molar-refractivity contribution in [3.05, 3.63) is 0 Å². The first kappa shape index (κ1) is 13.3. The molecule has 0 saturated heterocycles. The van der Waals surface area contributed by atoms with Crippen molar-refractivity contribution in [2.45, 2.75) is 57.1 Å². The summed E-state index contributed by atoms with van der Waals surface area (Å²) in [7, 11) is 0. The highest BCUT2D eigenvalue weighted by Gasteiger charge is 2.40. The second kappa shape index (κ2) is 5.26. The lowest BCUT2D eigenvalue weighted by atomic mass is 10.0. The van der Waals surface area contributed by atoms with Crippen molar-refractivity contribution in [2.75, 3.05) is 6.54 Å². The summed E-state index contributed by atoms with van der Waals surface area (Å²) in [4.78, 5) is 23.2. The van der Waals surface area contributed by atoms with Gasteiger partial charge in [0, 0.05) is 12.6 Å². The molecule has 102 valence electrons. The normalized spacial score (nSPS) is 23.4. The number of rotatable bonds is 4. The Morgan fingerprint density at radius 1 is 1.17 bits per heavy atom. The summed E-state index contributed by atoms with van der Waals surface area (Å²) in [5.41, 5.74) is -0.886. The van der Waals surface area contributed by atoms with Gasteiger partial charge in [0.2, 0.25) is 0 Å². The van der Waals surface area contributed by atoms with Gasteiger partial charge in [-0.25, -0.2) is 0 Å². The van der Waals surface area contributed by atoms with Crippen LogP contribution in [-0.2, 0) is 9.59 Å². The summed E-state index contributed by atoms with van der Waals surface area (Å²) in [6, 6.07) is 0.146. The predicted molar refractivity (Wildman–Crippen MR) is 66.8 cm³/mol. The van der Waals surface area contributed by atoms with Gasteiger partial charge >= 0.3 is 11.8 Å². The van der Waals surface area contributed by atoms with E-state index in [1.54, 1.807) is 6.92 Å². The zero-order valence-electron chi connectivity index (χ0n) is 10.9. The molecule has 0 radical (unpaired) electrons. The monoisotopic (exact) mass is 254 g/mol. The Balaban J connectivity index is 1.71. The Morgan fingerprint density at radius 3 is 2.33 bits per heavy atom. The fourth-order valence-electron chi connectivity index (χ4n) is 2.51. The third kappa shape index (κ3) is 3.45. The Kier molecular flexibility index (Phi) is 3.90. The Bertz CT molecular complexity index is 331. The number of amides is 2. The van der Waals surface area contributed by atoms with Gasteiger partial charge in [-0.05, 0) is 38.5 Å². The molecular weight excluding hydrogens is 232 g/mol. The molecule has 2 amide bonds. The lowest BCUT2D eigenvalue weighted by molar-refractivity contribution is -0.140. The summed E-state index contributed by atoms with van der Waals surface area (Å²) in [6.07, 6.45) is 6.14. The van der Waals surface area contributed by atoms with E-state index in [0.717, 1.165) is 38.5 Å². The van der Waals surface area contributed by atoms with Crippen molar-refractivity contribution < 1.29 is 14.7 Å². The van der Waals surface area contributed by atoms with Crippen LogP contribution in [0.25, 0.3) is 0 Å². The molecule has 2 fully saturated rings. The van der Waals surface area contributed by atoms with Gasteiger partial charge in [-0.2, -0.15) is 0 Å². The minimum absolute atomic E-state index is 0.146. The molecular formula is C13H22N2O3. The molecule has 2 saturated carbocycles. The number of carbonyl (C=O) groups is 2. The van der Waals surface area contributed by atoms with Crippen LogP contribution < -0.4 is 10.6 Å². The van der Waals surface area contributed by atoms with Crippen LogP contribution in [0, 0.1) is 5.92 Å². The second-order valence-corrected chi connectivity index (χ2v) is 5.77. The molecule has 0 heterocycles. The topological polar surface area (TPSA) is 78.4 Å². The van der Waals surface area contributed by atoms with Gasteiger partial charge in [-0.15, -0.1) is 0 Å². The van der Waals surface area contributed by atoms with E-state index in [9.17, 15) is 14.7 Å². The predicted octanol–water partition coefficient (Wildman–Crippen LogP) is 0.322. The molecule has 2 aliphatic carbocycles. The molecule has 1 unspecified atom stereocenters. The van der Waals surface area contributed by atoms with E-state index in [2.05, 4.69) is 10.6 Å². The smallest absolute Gasteiger partial charge is 0.309 e. The van der Waals surface area contributed by atoms with E-state index in [0.29, 0.717) is 0 Å². The van der Waals surface area contributed by atoms with Gasteiger partial charge in [-0.1, -0.05) is 12.8 Å². The zero-order valence-corrected chi connectivity index (χ0v) is 10.9. The molecule has 0 spiro atoms. The standard InChI is InChI=1S/C13H22N2O3/c1-13(18,9-6-7-9)8-14-11(16)12(17)15-10-4-2-3-5-10/h9-10,18H,2-8H2,1H3,(H,14,16)(H,15,17). The minimum atomic E-state index is -0.886. The molecule has 0 aliphatic heterocycles. The Hall–Kier alpha value is -1.10. The van der Waals surface area contributed by atoms with Crippen LogP contribution in [-0.4, -0.2) is 35.1 Å². The Morgan fingerprint density at radius 2 is 1.78 bits per heavy atom. The molecule has 2 aliphatic rings. The highest BCUT2D eigenvalue weighted by molar-refractivity contribution is 6.35. The number of hydrogen-bond donors (Lipinski definition) is 3. The van der Waals surface area contributed by atoms with E-state index in [1.807, 2.05) is 0 Å². The molecule has 5 heteroatoms. The maximum absolute atomic E-state index is 11.6. The van der Waals surface area contributed by atoms with Gasteiger partial charge in [0.25, 0.3) is 0 Å². The summed E-state index contributed by atoms with van der Waals surface area (Å²) >= 11 is 0. The molecule has 0 aromatic rings. The van der Waals surface area contributed by atoms with Crippen LogP contribution in [0.15, 0.2) is 0 Å². The molecule has 1 atom stereocenters. The highest BCUT2D eigenvalue weighted by atomic mass is 16.3. The summed E-state index contributed by atoms with van der Waals surface area (Å²) in [6.45, 7) is 1.86. The van der Waals surface area contributed by atoms with Crippen LogP contribution in [0.1, 0.15) is 45.4 Å². The van der Waals surface area contributed by atoms with Crippen LogP contribution >= 0.6 is 0 Å². The first-order chi connectivity index (χ1) is 8.49. The van der Waals surface area contributed by atoms with Crippen LogP contribution in [0.5, 0.6) is 0 Å². The van der Waals surface area contributed by atoms with Gasteiger partial charge in [0.1, 0.15) is 0 Å². The lowest BCUT2D eigenvalue weighted by Gasteiger charge is -2.23. The van der Waals surface area contributed by atoms with E-state index in [-0.39, 0.29) is 18.5 Å². The number of nitrogens with one attached hydrogen (secondary N) is 2. The zero-order chi connectivity index (χ0) is 13.2. The SMILES string of the molecule is CC(O)(CNC(=O)C(=O)NC1CCCC1)C1CC1. The van der Waals surface area contributed by atoms with Crippen LogP contribution in [0.2, 0.25) is 0 Å². The third-order valence-corrected chi connectivity index (χ3v) is 3.96. The largest absolute Gasteiger partial charge is 0.388 e. The van der Waals surface area contributed by atoms with Crippen molar-refractivity contribution in [3.63, 3.8) is 0 Å². The quantitative estimate of drug-likeness (QED) is 0.632. The molecule has 3 N–H and O–H groups in total. The average Bonchev–Trinajstić information content (AvgIpc) is 3.07. The Labute approximate surface area is 107 Å². The van der Waals surface area contributed by atoms with E-state index < -0.39 is 17.4 Å². The van der Waals surface area contributed by atoms with Gasteiger partial charge in [0.05, 0.1) is 5.60 Å². The fourth-order valence-corrected chi connectivity index (χ4v) is 2.51.